The molecule has 8 heteroatoms. The summed E-state index contributed by atoms with van der Waals surface area (Å²) in [6.45, 7) is 13.3. The molecule has 0 aromatic heterocycles. The number of nitrogens with one attached hydrogen (secondary N) is 1. The van der Waals surface area contributed by atoms with Crippen LogP contribution in [-0.4, -0.2) is 135 Å². The Bertz CT molecular complexity index is 527. The molecule has 1 unspecified atom stereocenters. The molecule has 0 aromatic rings. The van der Waals surface area contributed by atoms with Crippen LogP contribution in [0.4, 0.5) is 0 Å². The van der Waals surface area contributed by atoms with Crippen molar-refractivity contribution in [1.29, 1.82) is 0 Å². The first kappa shape index (κ1) is 21.3. The SMILES string of the molecule is CCNC(=NCC1CN(C)CCN1C)N1CCN(CC(=O)N2CCCC2)CC1. The molecule has 160 valence electrons. The molecule has 0 bridgehead atoms. The summed E-state index contributed by atoms with van der Waals surface area (Å²) >= 11 is 0. The van der Waals surface area contributed by atoms with Crippen LogP contribution in [0, 0.1) is 0 Å². The van der Waals surface area contributed by atoms with Gasteiger partial charge in [0.15, 0.2) is 5.96 Å². The number of nitrogens with zero attached hydrogens (tertiary/aromatic N) is 6. The molecule has 0 spiro atoms. The predicted molar refractivity (Wildman–Crippen MR) is 114 cm³/mol. The Morgan fingerprint density at radius 2 is 1.68 bits per heavy atom. The van der Waals surface area contributed by atoms with Crippen molar-refractivity contribution in [3.8, 4) is 0 Å². The first-order valence-electron chi connectivity index (χ1n) is 11.0. The maximum absolute atomic E-state index is 12.4. The predicted octanol–water partition coefficient (Wildman–Crippen LogP) is -0.562. The van der Waals surface area contributed by atoms with E-state index >= 15 is 0 Å². The van der Waals surface area contributed by atoms with Gasteiger partial charge in [-0.15, -0.1) is 0 Å². The number of carbonyl (C=O) groups excluding carboxylic acids is 1. The van der Waals surface area contributed by atoms with E-state index in [1.54, 1.807) is 0 Å². The van der Waals surface area contributed by atoms with E-state index in [0.29, 0.717) is 18.5 Å². The van der Waals surface area contributed by atoms with Crippen molar-refractivity contribution in [2.75, 3.05) is 92.6 Å². The Morgan fingerprint density at radius 3 is 2.36 bits per heavy atom. The molecule has 1 N–H and O–H groups in total. The summed E-state index contributed by atoms with van der Waals surface area (Å²) in [7, 11) is 4.40. The van der Waals surface area contributed by atoms with Crippen LogP contribution < -0.4 is 5.32 Å². The van der Waals surface area contributed by atoms with Crippen molar-refractivity contribution >= 4 is 11.9 Å². The van der Waals surface area contributed by atoms with Gasteiger partial charge in [0, 0.05) is 71.5 Å². The monoisotopic (exact) mass is 393 g/mol. The van der Waals surface area contributed by atoms with Gasteiger partial charge in [-0.2, -0.15) is 0 Å². The Hall–Kier alpha value is -1.38. The van der Waals surface area contributed by atoms with Gasteiger partial charge < -0.3 is 20.0 Å². The van der Waals surface area contributed by atoms with Crippen LogP contribution in [0.3, 0.4) is 0 Å². The normalized spacial score (nSPS) is 26.1. The minimum Gasteiger partial charge on any atom is -0.357 e. The van der Waals surface area contributed by atoms with E-state index in [4.69, 9.17) is 4.99 Å². The summed E-state index contributed by atoms with van der Waals surface area (Å²) in [5.74, 6) is 1.32. The second kappa shape index (κ2) is 10.4. The highest BCUT2D eigenvalue weighted by Gasteiger charge is 2.26. The van der Waals surface area contributed by atoms with Crippen LogP contribution in [0.1, 0.15) is 19.8 Å². The standard InChI is InChI=1S/C20H39N7O/c1-4-21-20(22-15-18-16-23(2)9-10-24(18)3)27-13-11-25(12-14-27)17-19(28)26-7-5-6-8-26/h18H,4-17H2,1-3H3,(H,21,22). The number of likely N-dealkylation sites (tertiary alicyclic amines) is 1. The van der Waals surface area contributed by atoms with Gasteiger partial charge in [-0.25, -0.2) is 0 Å². The highest BCUT2D eigenvalue weighted by Crippen LogP contribution is 2.10. The summed E-state index contributed by atoms with van der Waals surface area (Å²) < 4.78 is 0. The zero-order valence-corrected chi connectivity index (χ0v) is 18.1. The Morgan fingerprint density at radius 1 is 0.964 bits per heavy atom. The third-order valence-corrected chi connectivity index (χ3v) is 6.26. The van der Waals surface area contributed by atoms with Crippen LogP contribution >= 0.6 is 0 Å². The maximum Gasteiger partial charge on any atom is 0.236 e. The summed E-state index contributed by atoms with van der Waals surface area (Å²) in [6.07, 6.45) is 2.32. The van der Waals surface area contributed by atoms with Gasteiger partial charge in [0.25, 0.3) is 0 Å². The molecule has 3 heterocycles. The molecular weight excluding hydrogens is 354 g/mol. The third kappa shape index (κ3) is 5.81. The Labute approximate surface area is 170 Å². The zero-order chi connectivity index (χ0) is 19.9. The molecule has 0 aromatic carbocycles. The fourth-order valence-corrected chi connectivity index (χ4v) is 4.29. The second-order valence-electron chi connectivity index (χ2n) is 8.44. The summed E-state index contributed by atoms with van der Waals surface area (Å²) in [5, 5.41) is 3.47. The van der Waals surface area contributed by atoms with Gasteiger partial charge in [-0.3, -0.25) is 19.6 Å². The molecule has 0 saturated carbocycles. The number of piperazine rings is 2. The summed E-state index contributed by atoms with van der Waals surface area (Å²) in [4.78, 5) is 28.8. The van der Waals surface area contributed by atoms with Crippen LogP contribution in [-0.2, 0) is 4.79 Å². The van der Waals surface area contributed by atoms with Gasteiger partial charge >= 0.3 is 0 Å². The molecule has 3 aliphatic heterocycles. The minimum absolute atomic E-state index is 0.302. The lowest BCUT2D eigenvalue weighted by Crippen LogP contribution is -2.55. The van der Waals surface area contributed by atoms with Crippen LogP contribution in [0.5, 0.6) is 0 Å². The van der Waals surface area contributed by atoms with Gasteiger partial charge in [0.1, 0.15) is 0 Å². The van der Waals surface area contributed by atoms with E-state index in [2.05, 4.69) is 45.9 Å². The fraction of sp³-hybridized carbons (Fsp3) is 0.900. The van der Waals surface area contributed by atoms with Crippen molar-refractivity contribution in [2.45, 2.75) is 25.8 Å². The van der Waals surface area contributed by atoms with Crippen LogP contribution in [0.15, 0.2) is 4.99 Å². The molecule has 3 saturated heterocycles. The number of carbonyl (C=O) groups is 1. The second-order valence-corrected chi connectivity index (χ2v) is 8.44. The lowest BCUT2D eigenvalue weighted by molar-refractivity contribution is -0.131. The molecule has 3 rings (SSSR count). The highest BCUT2D eigenvalue weighted by atomic mass is 16.2. The maximum atomic E-state index is 12.4. The van der Waals surface area contributed by atoms with E-state index in [-0.39, 0.29) is 0 Å². The minimum atomic E-state index is 0.302. The van der Waals surface area contributed by atoms with Gasteiger partial charge in [-0.05, 0) is 33.9 Å². The first-order valence-corrected chi connectivity index (χ1v) is 11.0. The van der Waals surface area contributed by atoms with Crippen LogP contribution in [0.25, 0.3) is 0 Å². The molecular formula is C20H39N7O. The van der Waals surface area contributed by atoms with E-state index in [0.717, 1.165) is 90.8 Å². The number of amides is 1. The van der Waals surface area contributed by atoms with Gasteiger partial charge in [0.05, 0.1) is 13.1 Å². The highest BCUT2D eigenvalue weighted by molar-refractivity contribution is 5.80. The number of hydrogen-bond donors (Lipinski definition) is 1. The largest absolute Gasteiger partial charge is 0.357 e. The fourth-order valence-electron chi connectivity index (χ4n) is 4.29. The molecule has 0 radical (unpaired) electrons. The molecule has 28 heavy (non-hydrogen) atoms. The van der Waals surface area contributed by atoms with Crippen LogP contribution in [0.2, 0.25) is 0 Å². The summed E-state index contributed by atoms with van der Waals surface area (Å²) in [5.41, 5.74) is 0. The first-order chi connectivity index (χ1) is 13.6. The average molecular weight is 394 g/mol. The Kier molecular flexibility index (Phi) is 7.93. The third-order valence-electron chi connectivity index (χ3n) is 6.26. The van der Waals surface area contributed by atoms with Crippen molar-refractivity contribution in [1.82, 2.24) is 29.8 Å². The Balaban J connectivity index is 1.48. The molecule has 8 nitrogen and oxygen atoms in total. The molecule has 3 aliphatic rings. The van der Waals surface area contributed by atoms with E-state index in [1.807, 2.05) is 4.90 Å². The van der Waals surface area contributed by atoms with Gasteiger partial charge in [-0.1, -0.05) is 0 Å². The van der Waals surface area contributed by atoms with E-state index in [1.165, 1.54) is 0 Å². The molecule has 1 amide bonds. The topological polar surface area (TPSA) is 57.7 Å². The number of guanidine groups is 1. The van der Waals surface area contributed by atoms with E-state index < -0.39 is 0 Å². The smallest absolute Gasteiger partial charge is 0.236 e. The molecule has 0 aliphatic carbocycles. The lowest BCUT2D eigenvalue weighted by Gasteiger charge is -2.38. The average Bonchev–Trinajstić information content (AvgIpc) is 3.23. The number of aliphatic imine (C=N–C) groups is 1. The molecule has 3 fully saturated rings. The lowest BCUT2D eigenvalue weighted by atomic mass is 10.2. The van der Waals surface area contributed by atoms with Crippen molar-refractivity contribution in [3.63, 3.8) is 0 Å². The zero-order valence-electron chi connectivity index (χ0n) is 18.1. The quantitative estimate of drug-likeness (QED) is 0.499. The van der Waals surface area contributed by atoms with Gasteiger partial charge in [0.2, 0.25) is 5.91 Å². The number of likely N-dealkylation sites (N-methyl/N-ethyl adjacent to an activating group) is 2. The number of rotatable bonds is 5. The summed E-state index contributed by atoms with van der Waals surface area (Å²) in [6, 6.07) is 0.478. The molecule has 1 atom stereocenters. The van der Waals surface area contributed by atoms with Crippen molar-refractivity contribution < 1.29 is 4.79 Å². The van der Waals surface area contributed by atoms with Crippen molar-refractivity contribution in [2.24, 2.45) is 4.99 Å². The van der Waals surface area contributed by atoms with E-state index in [9.17, 15) is 4.79 Å². The number of hydrogen-bond acceptors (Lipinski definition) is 5. The van der Waals surface area contributed by atoms with Crippen molar-refractivity contribution in [3.05, 3.63) is 0 Å².